The van der Waals surface area contributed by atoms with Crippen molar-refractivity contribution in [2.75, 3.05) is 31.1 Å². The van der Waals surface area contributed by atoms with Gasteiger partial charge in [-0.15, -0.1) is 0 Å². The third-order valence-corrected chi connectivity index (χ3v) is 3.84. The number of hydrogen-bond acceptors (Lipinski definition) is 4. The first kappa shape index (κ1) is 16.3. The summed E-state index contributed by atoms with van der Waals surface area (Å²) in [4.78, 5) is 2.28. The summed E-state index contributed by atoms with van der Waals surface area (Å²) in [6, 6.07) is 8.91. The van der Waals surface area contributed by atoms with Crippen LogP contribution in [-0.2, 0) is 4.74 Å². The smallest absolute Gasteiger partial charge is 0.0948 e. The molecule has 4 nitrogen and oxygen atoms in total. The van der Waals surface area contributed by atoms with E-state index in [9.17, 15) is 5.11 Å². The molecule has 0 aromatic heterocycles. The minimum Gasteiger partial charge on any atom is -0.389 e. The zero-order chi connectivity index (χ0) is 15.2. The predicted octanol–water partition coefficient (Wildman–Crippen LogP) is 2.33. The molecule has 1 aliphatic heterocycles. The standard InChI is InChI=1S/C17H28N2O2/c1-4-18-16-9-10-19(11-14(20)12-21-13(2)3)17-8-6-5-7-15(16)17/h5-8,13-14,16,18,20H,4,9-12H2,1-3H3. The van der Waals surface area contributed by atoms with E-state index in [2.05, 4.69) is 41.4 Å². The van der Waals surface area contributed by atoms with E-state index in [1.807, 2.05) is 13.8 Å². The van der Waals surface area contributed by atoms with Gasteiger partial charge in [0.2, 0.25) is 0 Å². The highest BCUT2D eigenvalue weighted by atomic mass is 16.5. The van der Waals surface area contributed by atoms with Gasteiger partial charge in [-0.3, -0.25) is 0 Å². The molecule has 0 saturated heterocycles. The van der Waals surface area contributed by atoms with Crippen LogP contribution in [0.2, 0.25) is 0 Å². The Balaban J connectivity index is 2.03. The van der Waals surface area contributed by atoms with Gasteiger partial charge in [-0.1, -0.05) is 25.1 Å². The monoisotopic (exact) mass is 292 g/mol. The van der Waals surface area contributed by atoms with Gasteiger partial charge < -0.3 is 20.1 Å². The van der Waals surface area contributed by atoms with E-state index < -0.39 is 6.10 Å². The Morgan fingerprint density at radius 1 is 1.38 bits per heavy atom. The summed E-state index contributed by atoms with van der Waals surface area (Å²) in [5, 5.41) is 13.7. The van der Waals surface area contributed by atoms with Crippen molar-refractivity contribution in [3.63, 3.8) is 0 Å². The summed E-state index contributed by atoms with van der Waals surface area (Å²) < 4.78 is 5.50. The lowest BCUT2D eigenvalue weighted by Crippen LogP contribution is -2.41. The van der Waals surface area contributed by atoms with Crippen LogP contribution < -0.4 is 10.2 Å². The second-order valence-electron chi connectivity index (χ2n) is 5.94. The van der Waals surface area contributed by atoms with Gasteiger partial charge in [0.1, 0.15) is 0 Å². The Morgan fingerprint density at radius 2 is 2.14 bits per heavy atom. The molecule has 2 N–H and O–H groups in total. The third kappa shape index (κ3) is 4.43. The molecule has 2 unspecified atom stereocenters. The Kier molecular flexibility index (Phi) is 6.03. The van der Waals surface area contributed by atoms with Gasteiger partial charge in [-0.2, -0.15) is 0 Å². The quantitative estimate of drug-likeness (QED) is 0.809. The number of para-hydroxylation sites is 1. The van der Waals surface area contributed by atoms with Crippen molar-refractivity contribution in [1.29, 1.82) is 0 Å². The molecule has 118 valence electrons. The zero-order valence-corrected chi connectivity index (χ0v) is 13.4. The molecule has 0 aliphatic carbocycles. The number of ether oxygens (including phenoxy) is 1. The van der Waals surface area contributed by atoms with E-state index >= 15 is 0 Å². The van der Waals surface area contributed by atoms with Crippen LogP contribution in [0.15, 0.2) is 24.3 Å². The van der Waals surface area contributed by atoms with Crippen LogP contribution in [0.1, 0.15) is 38.8 Å². The van der Waals surface area contributed by atoms with Gasteiger partial charge in [-0.25, -0.2) is 0 Å². The minimum absolute atomic E-state index is 0.159. The first-order valence-electron chi connectivity index (χ1n) is 7.98. The van der Waals surface area contributed by atoms with E-state index in [-0.39, 0.29) is 6.10 Å². The van der Waals surface area contributed by atoms with Crippen molar-refractivity contribution in [2.45, 2.75) is 45.4 Å². The maximum absolute atomic E-state index is 10.2. The normalized spacial score (nSPS) is 19.7. The largest absolute Gasteiger partial charge is 0.389 e. The first-order chi connectivity index (χ1) is 10.1. The molecule has 1 heterocycles. The highest BCUT2D eigenvalue weighted by Crippen LogP contribution is 2.33. The zero-order valence-electron chi connectivity index (χ0n) is 13.4. The minimum atomic E-state index is -0.448. The molecule has 2 atom stereocenters. The molecule has 0 radical (unpaired) electrons. The summed E-state index contributed by atoms with van der Waals surface area (Å²) in [6.07, 6.45) is 0.783. The summed E-state index contributed by atoms with van der Waals surface area (Å²) in [6.45, 7) is 9.09. The maximum Gasteiger partial charge on any atom is 0.0948 e. The van der Waals surface area contributed by atoms with Gasteiger partial charge in [-0.05, 0) is 38.4 Å². The fraction of sp³-hybridized carbons (Fsp3) is 0.647. The Bertz CT molecular complexity index is 437. The third-order valence-electron chi connectivity index (χ3n) is 3.84. The number of fused-ring (bicyclic) bond motifs is 1. The lowest BCUT2D eigenvalue weighted by molar-refractivity contribution is 0.00873. The number of rotatable bonds is 7. The molecule has 1 aromatic carbocycles. The second-order valence-corrected chi connectivity index (χ2v) is 5.94. The average Bonchev–Trinajstić information content (AvgIpc) is 2.48. The molecule has 0 fully saturated rings. The molecule has 0 spiro atoms. The molecular weight excluding hydrogens is 264 g/mol. The van der Waals surface area contributed by atoms with Gasteiger partial charge in [0.15, 0.2) is 0 Å². The topological polar surface area (TPSA) is 44.7 Å². The van der Waals surface area contributed by atoms with Gasteiger partial charge in [0, 0.05) is 24.8 Å². The van der Waals surface area contributed by atoms with Crippen LogP contribution in [0.5, 0.6) is 0 Å². The molecule has 4 heteroatoms. The number of aliphatic hydroxyl groups excluding tert-OH is 1. The number of anilines is 1. The van der Waals surface area contributed by atoms with Crippen molar-refractivity contribution >= 4 is 5.69 Å². The van der Waals surface area contributed by atoms with E-state index in [0.29, 0.717) is 19.2 Å². The van der Waals surface area contributed by atoms with Crippen molar-refractivity contribution in [2.24, 2.45) is 0 Å². The number of benzene rings is 1. The van der Waals surface area contributed by atoms with Gasteiger partial charge in [0.25, 0.3) is 0 Å². The van der Waals surface area contributed by atoms with Crippen LogP contribution in [-0.4, -0.2) is 43.6 Å². The molecule has 1 aliphatic rings. The number of nitrogens with one attached hydrogen (secondary N) is 1. The van der Waals surface area contributed by atoms with Crippen molar-refractivity contribution in [3.05, 3.63) is 29.8 Å². The maximum atomic E-state index is 10.2. The fourth-order valence-corrected chi connectivity index (χ4v) is 2.89. The highest BCUT2D eigenvalue weighted by Gasteiger charge is 2.25. The number of nitrogens with zero attached hydrogens (tertiary/aromatic N) is 1. The van der Waals surface area contributed by atoms with E-state index in [1.165, 1.54) is 11.3 Å². The highest BCUT2D eigenvalue weighted by molar-refractivity contribution is 5.57. The number of β-amino-alcohol motifs (C(OH)–C–C–N with tert-alkyl or cyclic N) is 1. The molecular formula is C17H28N2O2. The average molecular weight is 292 g/mol. The Hall–Kier alpha value is -1.10. The van der Waals surface area contributed by atoms with Crippen molar-refractivity contribution < 1.29 is 9.84 Å². The predicted molar refractivity (Wildman–Crippen MR) is 86.8 cm³/mol. The summed E-state index contributed by atoms with van der Waals surface area (Å²) in [7, 11) is 0. The number of hydrogen-bond donors (Lipinski definition) is 2. The van der Waals surface area contributed by atoms with Crippen LogP contribution in [0.4, 0.5) is 5.69 Å². The molecule has 0 bridgehead atoms. The van der Waals surface area contributed by atoms with Gasteiger partial charge >= 0.3 is 0 Å². The van der Waals surface area contributed by atoms with Crippen molar-refractivity contribution in [1.82, 2.24) is 5.32 Å². The van der Waals surface area contributed by atoms with E-state index in [4.69, 9.17) is 4.74 Å². The molecule has 2 rings (SSSR count). The fourth-order valence-electron chi connectivity index (χ4n) is 2.89. The SMILES string of the molecule is CCNC1CCN(CC(O)COC(C)C)c2ccccc21. The lowest BCUT2D eigenvalue weighted by atomic mass is 9.96. The summed E-state index contributed by atoms with van der Waals surface area (Å²) in [5.74, 6) is 0. The summed E-state index contributed by atoms with van der Waals surface area (Å²) in [5.41, 5.74) is 2.57. The second kappa shape index (κ2) is 7.78. The van der Waals surface area contributed by atoms with Crippen LogP contribution in [0.25, 0.3) is 0 Å². The first-order valence-corrected chi connectivity index (χ1v) is 7.98. The Labute approximate surface area is 128 Å². The molecule has 21 heavy (non-hydrogen) atoms. The molecule has 0 saturated carbocycles. The Morgan fingerprint density at radius 3 is 2.86 bits per heavy atom. The molecule has 1 aromatic rings. The molecule has 0 amide bonds. The van der Waals surface area contributed by atoms with Gasteiger partial charge in [0.05, 0.1) is 18.8 Å². The van der Waals surface area contributed by atoms with Crippen molar-refractivity contribution in [3.8, 4) is 0 Å². The van der Waals surface area contributed by atoms with Crippen LogP contribution in [0.3, 0.4) is 0 Å². The van der Waals surface area contributed by atoms with E-state index in [1.54, 1.807) is 0 Å². The number of aliphatic hydroxyl groups is 1. The lowest BCUT2D eigenvalue weighted by Gasteiger charge is -2.37. The van der Waals surface area contributed by atoms with Crippen LogP contribution >= 0.6 is 0 Å². The van der Waals surface area contributed by atoms with Crippen LogP contribution in [0, 0.1) is 0 Å². The van der Waals surface area contributed by atoms with E-state index in [0.717, 1.165) is 19.5 Å². The summed E-state index contributed by atoms with van der Waals surface area (Å²) >= 11 is 0.